The first-order valence-corrected chi connectivity index (χ1v) is 9.39. The van der Waals surface area contributed by atoms with Crippen LogP contribution in [0, 0.1) is 0 Å². The molecule has 2 aromatic heterocycles. The molecule has 2 N–H and O–H groups in total. The number of nitrogens with one attached hydrogen (secondary N) is 2. The topological polar surface area (TPSA) is 74.4 Å². The molecule has 0 spiro atoms. The molecule has 0 bridgehead atoms. The van der Waals surface area contributed by atoms with Crippen molar-refractivity contribution in [3.63, 3.8) is 0 Å². The minimum Gasteiger partial charge on any atom is -0.378 e. The van der Waals surface area contributed by atoms with Crippen LogP contribution < -0.4 is 15.6 Å². The molecule has 0 unspecified atom stereocenters. The number of thiophene rings is 1. The van der Waals surface area contributed by atoms with E-state index in [0.29, 0.717) is 25.1 Å². The van der Waals surface area contributed by atoms with Crippen molar-refractivity contribution in [2.45, 2.75) is 6.54 Å². The molecule has 0 saturated carbocycles. The van der Waals surface area contributed by atoms with Gasteiger partial charge in [-0.05, 0) is 23.6 Å². The molecule has 26 heavy (non-hydrogen) atoms. The van der Waals surface area contributed by atoms with Crippen molar-refractivity contribution in [3.8, 4) is 0 Å². The van der Waals surface area contributed by atoms with Crippen molar-refractivity contribution in [3.05, 3.63) is 62.6 Å². The third-order valence-electron chi connectivity index (χ3n) is 4.49. The van der Waals surface area contributed by atoms with E-state index >= 15 is 0 Å². The molecule has 134 valence electrons. The number of carbonyl (C=O) groups excluding carboxylic acids is 1. The number of pyridine rings is 1. The van der Waals surface area contributed by atoms with Crippen LogP contribution in [0.4, 0.5) is 5.69 Å². The first kappa shape index (κ1) is 16.8. The number of benzene rings is 1. The fourth-order valence-electron chi connectivity index (χ4n) is 3.15. The summed E-state index contributed by atoms with van der Waals surface area (Å²) < 4.78 is 5.40. The van der Waals surface area contributed by atoms with Crippen LogP contribution >= 0.6 is 11.3 Å². The summed E-state index contributed by atoms with van der Waals surface area (Å²) in [5.41, 5.74) is 1.60. The Bertz CT molecular complexity index is 975. The van der Waals surface area contributed by atoms with Crippen LogP contribution in [-0.4, -0.2) is 37.2 Å². The Labute approximate surface area is 154 Å². The predicted octanol–water partition coefficient (Wildman–Crippen LogP) is 2.36. The van der Waals surface area contributed by atoms with E-state index in [4.69, 9.17) is 4.74 Å². The molecule has 1 saturated heterocycles. The number of ether oxygens (including phenoxy) is 1. The number of hydrogen-bond donors (Lipinski definition) is 2. The van der Waals surface area contributed by atoms with Gasteiger partial charge in [0.2, 0.25) is 5.43 Å². The number of fused-ring (bicyclic) bond motifs is 1. The Balaban J connectivity index is 1.64. The average Bonchev–Trinajstić information content (AvgIpc) is 3.20. The summed E-state index contributed by atoms with van der Waals surface area (Å²) in [7, 11) is 0. The lowest BCUT2D eigenvalue weighted by Crippen LogP contribution is -2.36. The summed E-state index contributed by atoms with van der Waals surface area (Å²) in [5, 5.41) is 5.29. The maximum absolute atomic E-state index is 12.8. The zero-order chi connectivity index (χ0) is 17.9. The first-order chi connectivity index (χ1) is 12.7. The van der Waals surface area contributed by atoms with Crippen molar-refractivity contribution >= 4 is 33.8 Å². The Morgan fingerprint density at radius 2 is 2.08 bits per heavy atom. The molecule has 6 nitrogen and oxygen atoms in total. The minimum atomic E-state index is -0.363. The second-order valence-corrected chi connectivity index (χ2v) is 7.12. The summed E-state index contributed by atoms with van der Waals surface area (Å²) in [6.07, 6.45) is 1.51. The fraction of sp³-hybridized carbons (Fsp3) is 0.263. The molecule has 0 radical (unpaired) electrons. The van der Waals surface area contributed by atoms with Crippen molar-refractivity contribution in [2.24, 2.45) is 0 Å². The Morgan fingerprint density at radius 3 is 2.85 bits per heavy atom. The van der Waals surface area contributed by atoms with Crippen LogP contribution in [-0.2, 0) is 11.3 Å². The molecule has 3 heterocycles. The first-order valence-electron chi connectivity index (χ1n) is 8.52. The van der Waals surface area contributed by atoms with Crippen molar-refractivity contribution in [1.82, 2.24) is 10.3 Å². The highest BCUT2D eigenvalue weighted by atomic mass is 32.1. The maximum Gasteiger partial charge on any atom is 0.257 e. The van der Waals surface area contributed by atoms with Gasteiger partial charge in [0.25, 0.3) is 5.91 Å². The lowest BCUT2D eigenvalue weighted by Gasteiger charge is -2.29. The van der Waals surface area contributed by atoms with Gasteiger partial charge in [-0.2, -0.15) is 0 Å². The van der Waals surface area contributed by atoms with Crippen LogP contribution in [0.1, 0.15) is 15.2 Å². The van der Waals surface area contributed by atoms with Crippen LogP contribution in [0.2, 0.25) is 0 Å². The molecule has 3 aromatic rings. The van der Waals surface area contributed by atoms with Crippen LogP contribution in [0.3, 0.4) is 0 Å². The number of morpholine rings is 1. The van der Waals surface area contributed by atoms with Crippen LogP contribution in [0.15, 0.2) is 46.7 Å². The molecule has 1 amide bonds. The fourth-order valence-corrected chi connectivity index (χ4v) is 3.79. The van der Waals surface area contributed by atoms with Crippen molar-refractivity contribution < 1.29 is 9.53 Å². The summed E-state index contributed by atoms with van der Waals surface area (Å²) in [5.74, 6) is -0.363. The zero-order valence-electron chi connectivity index (χ0n) is 14.2. The summed E-state index contributed by atoms with van der Waals surface area (Å²) in [6, 6.07) is 9.48. The predicted molar refractivity (Wildman–Crippen MR) is 103 cm³/mol. The third-order valence-corrected chi connectivity index (χ3v) is 5.37. The van der Waals surface area contributed by atoms with Crippen LogP contribution in [0.25, 0.3) is 10.9 Å². The van der Waals surface area contributed by atoms with Gasteiger partial charge in [0.1, 0.15) is 5.56 Å². The summed E-state index contributed by atoms with van der Waals surface area (Å²) in [6.45, 7) is 3.32. The van der Waals surface area contributed by atoms with Gasteiger partial charge in [0, 0.05) is 29.5 Å². The molecule has 0 aliphatic carbocycles. The van der Waals surface area contributed by atoms with Crippen molar-refractivity contribution in [1.29, 1.82) is 0 Å². The molecular formula is C19H19N3O3S. The van der Waals surface area contributed by atoms with E-state index < -0.39 is 0 Å². The molecule has 1 aliphatic rings. The number of anilines is 1. The second-order valence-electron chi connectivity index (χ2n) is 6.09. The monoisotopic (exact) mass is 369 g/mol. The largest absolute Gasteiger partial charge is 0.378 e. The standard InChI is InChI=1S/C19H19N3O3S/c23-18-14-4-1-5-16(22-6-8-25-9-7-22)17(14)20-12-15(18)19(24)21-11-13-3-2-10-26-13/h1-5,10,12H,6-9,11H2,(H,20,23)(H,21,24). The lowest BCUT2D eigenvalue weighted by molar-refractivity contribution is 0.0950. The highest BCUT2D eigenvalue weighted by Gasteiger charge is 2.18. The smallest absolute Gasteiger partial charge is 0.257 e. The highest BCUT2D eigenvalue weighted by Crippen LogP contribution is 2.24. The molecule has 7 heteroatoms. The van der Waals surface area contributed by atoms with Crippen LogP contribution in [0.5, 0.6) is 0 Å². The lowest BCUT2D eigenvalue weighted by atomic mass is 10.1. The highest BCUT2D eigenvalue weighted by molar-refractivity contribution is 7.09. The molecular weight excluding hydrogens is 350 g/mol. The third kappa shape index (κ3) is 3.23. The number of hydrogen-bond acceptors (Lipinski definition) is 5. The molecule has 1 aromatic carbocycles. The number of amides is 1. The number of H-pyrrole nitrogens is 1. The van der Waals surface area contributed by atoms with Gasteiger partial charge in [-0.25, -0.2) is 0 Å². The number of carbonyl (C=O) groups is 1. The van der Waals surface area contributed by atoms with Gasteiger partial charge in [-0.15, -0.1) is 11.3 Å². The van der Waals surface area contributed by atoms with E-state index in [1.54, 1.807) is 17.4 Å². The van der Waals surface area contributed by atoms with Gasteiger partial charge in [-0.3, -0.25) is 9.59 Å². The number of rotatable bonds is 4. The Kier molecular flexibility index (Phi) is 4.73. The SMILES string of the molecule is O=C(NCc1cccs1)c1c[nH]c2c(N3CCOCC3)cccc2c1=O. The summed E-state index contributed by atoms with van der Waals surface area (Å²) >= 11 is 1.57. The second kappa shape index (κ2) is 7.31. The Morgan fingerprint density at radius 1 is 1.23 bits per heavy atom. The molecule has 4 rings (SSSR count). The van der Waals surface area contributed by atoms with E-state index in [9.17, 15) is 9.59 Å². The minimum absolute atomic E-state index is 0.133. The Hall–Kier alpha value is -2.64. The number of aromatic amines is 1. The van der Waals surface area contributed by atoms with Gasteiger partial charge < -0.3 is 19.9 Å². The van der Waals surface area contributed by atoms with E-state index in [0.717, 1.165) is 29.2 Å². The normalized spacial score (nSPS) is 14.5. The van der Waals surface area contributed by atoms with Gasteiger partial charge >= 0.3 is 0 Å². The quantitative estimate of drug-likeness (QED) is 0.740. The van der Waals surface area contributed by atoms with Gasteiger partial charge in [0.15, 0.2) is 0 Å². The van der Waals surface area contributed by atoms with Gasteiger partial charge in [0.05, 0.1) is 31.0 Å². The van der Waals surface area contributed by atoms with E-state index in [-0.39, 0.29) is 16.9 Å². The molecule has 1 fully saturated rings. The van der Waals surface area contributed by atoms with Gasteiger partial charge in [-0.1, -0.05) is 12.1 Å². The van der Waals surface area contributed by atoms with E-state index in [2.05, 4.69) is 15.2 Å². The molecule has 1 aliphatic heterocycles. The summed E-state index contributed by atoms with van der Waals surface area (Å²) in [4.78, 5) is 31.7. The number of aromatic nitrogens is 1. The number of nitrogens with zero attached hydrogens (tertiary/aromatic N) is 1. The van der Waals surface area contributed by atoms with E-state index in [1.807, 2.05) is 29.6 Å². The molecule has 0 atom stereocenters. The zero-order valence-corrected chi connectivity index (χ0v) is 15.0. The van der Waals surface area contributed by atoms with E-state index in [1.165, 1.54) is 6.20 Å². The number of para-hydroxylation sites is 1. The van der Waals surface area contributed by atoms with Crippen molar-refractivity contribution in [2.75, 3.05) is 31.2 Å². The maximum atomic E-state index is 12.8. The average molecular weight is 369 g/mol.